The van der Waals surface area contributed by atoms with Gasteiger partial charge in [-0.1, -0.05) is 6.92 Å². The van der Waals surface area contributed by atoms with E-state index in [1.165, 1.54) is 6.42 Å². The van der Waals surface area contributed by atoms with Crippen LogP contribution in [-0.2, 0) is 0 Å². The molecular formula is C17H21N7O. The van der Waals surface area contributed by atoms with Gasteiger partial charge in [0, 0.05) is 18.4 Å². The Morgan fingerprint density at radius 1 is 1.48 bits per heavy atom. The van der Waals surface area contributed by atoms with Gasteiger partial charge in [-0.2, -0.15) is 10.5 Å². The number of aromatic amines is 1. The number of nitrogens with one attached hydrogen (secondary N) is 2. The third-order valence-corrected chi connectivity index (χ3v) is 4.16. The van der Waals surface area contributed by atoms with Crippen molar-refractivity contribution in [2.24, 2.45) is 0 Å². The second-order valence-electron chi connectivity index (χ2n) is 5.85. The van der Waals surface area contributed by atoms with Crippen molar-refractivity contribution in [2.75, 3.05) is 25.0 Å². The van der Waals surface area contributed by atoms with Crippen LogP contribution in [0.5, 0.6) is 5.75 Å². The second kappa shape index (κ2) is 8.26. The minimum absolute atomic E-state index is 0.246. The third-order valence-electron chi connectivity index (χ3n) is 4.16. The van der Waals surface area contributed by atoms with Gasteiger partial charge >= 0.3 is 0 Å². The zero-order valence-corrected chi connectivity index (χ0v) is 14.1. The first kappa shape index (κ1) is 16.9. The summed E-state index contributed by atoms with van der Waals surface area (Å²) in [6.45, 7) is 5.39. The largest absolute Gasteiger partial charge is 0.489 e. The number of hydrogen-bond acceptors (Lipinski definition) is 7. The molecule has 3 rings (SSSR count). The number of nitriles is 1. The smallest absolute Gasteiger partial charge is 0.216 e. The van der Waals surface area contributed by atoms with Crippen LogP contribution in [0.25, 0.3) is 5.57 Å². The molecule has 0 aliphatic carbocycles. The van der Waals surface area contributed by atoms with E-state index >= 15 is 0 Å². The van der Waals surface area contributed by atoms with Gasteiger partial charge < -0.3 is 10.1 Å². The van der Waals surface area contributed by atoms with Gasteiger partial charge in [0.15, 0.2) is 0 Å². The van der Waals surface area contributed by atoms with E-state index in [1.54, 1.807) is 6.20 Å². The van der Waals surface area contributed by atoms with E-state index in [9.17, 15) is 0 Å². The monoisotopic (exact) mass is 339 g/mol. The quantitative estimate of drug-likeness (QED) is 0.776. The number of benzene rings is 1. The van der Waals surface area contributed by atoms with E-state index in [-0.39, 0.29) is 11.9 Å². The van der Waals surface area contributed by atoms with Crippen molar-refractivity contribution in [1.82, 2.24) is 25.5 Å². The lowest BCUT2D eigenvalue weighted by Gasteiger charge is -2.32. The molecule has 2 aromatic rings. The summed E-state index contributed by atoms with van der Waals surface area (Å²) in [6.07, 6.45) is 4.07. The predicted octanol–water partition coefficient (Wildman–Crippen LogP) is 2.04. The molecule has 25 heavy (non-hydrogen) atoms. The van der Waals surface area contributed by atoms with Crippen LogP contribution in [0.3, 0.4) is 0 Å². The standard InChI is InChI=1S/C17H21N7O/c1-2-24-9-3-4-16(12-24)25-15-7-5-14(6-8-15)19-11-13(10-18)17-20-22-23-21-17/h5-8,11,16,19H,2-4,9,12H2,1H3,(H,20,21,22,23). The third kappa shape index (κ3) is 4.55. The van der Waals surface area contributed by atoms with Crippen LogP contribution in [0.2, 0.25) is 0 Å². The average Bonchev–Trinajstić information content (AvgIpc) is 3.18. The molecule has 0 radical (unpaired) electrons. The molecule has 8 nitrogen and oxygen atoms in total. The molecule has 1 aliphatic rings. The number of H-pyrrole nitrogens is 1. The van der Waals surface area contributed by atoms with Gasteiger partial charge in [-0.15, -0.1) is 10.2 Å². The highest BCUT2D eigenvalue weighted by Crippen LogP contribution is 2.21. The first-order chi connectivity index (χ1) is 12.3. The second-order valence-corrected chi connectivity index (χ2v) is 5.85. The Balaban J connectivity index is 1.58. The number of tetrazole rings is 1. The van der Waals surface area contributed by atoms with Crippen LogP contribution < -0.4 is 10.1 Å². The Morgan fingerprint density at radius 3 is 3.00 bits per heavy atom. The Kier molecular flexibility index (Phi) is 5.59. The van der Waals surface area contributed by atoms with Gasteiger partial charge in [-0.3, -0.25) is 4.90 Å². The highest BCUT2D eigenvalue weighted by molar-refractivity contribution is 5.74. The lowest BCUT2D eigenvalue weighted by atomic mass is 10.1. The Hall–Kier alpha value is -2.92. The van der Waals surface area contributed by atoms with Gasteiger partial charge in [-0.25, -0.2) is 0 Å². The number of aromatic nitrogens is 4. The lowest BCUT2D eigenvalue weighted by molar-refractivity contribution is 0.0920. The fraction of sp³-hybridized carbons (Fsp3) is 0.412. The minimum Gasteiger partial charge on any atom is -0.489 e. The average molecular weight is 339 g/mol. The molecule has 2 N–H and O–H groups in total. The molecule has 1 aromatic heterocycles. The van der Waals surface area contributed by atoms with Crippen LogP contribution in [0, 0.1) is 11.3 Å². The molecule has 1 aromatic carbocycles. The fourth-order valence-electron chi connectivity index (χ4n) is 2.80. The Morgan fingerprint density at radius 2 is 2.32 bits per heavy atom. The number of piperidine rings is 1. The summed E-state index contributed by atoms with van der Waals surface area (Å²) in [4.78, 5) is 2.41. The van der Waals surface area contributed by atoms with E-state index in [1.807, 2.05) is 30.3 Å². The van der Waals surface area contributed by atoms with Crippen LogP contribution in [0.4, 0.5) is 5.69 Å². The number of allylic oxidation sites excluding steroid dienone is 1. The van der Waals surface area contributed by atoms with Crippen molar-refractivity contribution >= 4 is 11.3 Å². The van der Waals surface area contributed by atoms with E-state index < -0.39 is 0 Å². The molecule has 0 bridgehead atoms. The molecule has 1 atom stereocenters. The summed E-state index contributed by atoms with van der Waals surface area (Å²) in [5.41, 5.74) is 1.15. The van der Waals surface area contributed by atoms with Gasteiger partial charge in [-0.05, 0) is 55.4 Å². The van der Waals surface area contributed by atoms with E-state index in [2.05, 4.69) is 37.8 Å². The number of anilines is 1. The zero-order chi connectivity index (χ0) is 17.5. The molecule has 130 valence electrons. The van der Waals surface area contributed by atoms with Crippen LogP contribution in [0.15, 0.2) is 30.5 Å². The van der Waals surface area contributed by atoms with Gasteiger partial charge in [0.1, 0.15) is 23.5 Å². The molecule has 1 aliphatic heterocycles. The van der Waals surface area contributed by atoms with Crippen molar-refractivity contribution in [2.45, 2.75) is 25.9 Å². The molecule has 1 fully saturated rings. The maximum atomic E-state index is 9.14. The van der Waals surface area contributed by atoms with Crippen molar-refractivity contribution in [3.8, 4) is 11.8 Å². The summed E-state index contributed by atoms with van der Waals surface area (Å²) in [5, 5.41) is 25.6. The van der Waals surface area contributed by atoms with E-state index in [0.717, 1.165) is 37.5 Å². The number of hydrogen-bond donors (Lipinski definition) is 2. The summed E-state index contributed by atoms with van der Waals surface area (Å²) in [7, 11) is 0. The molecule has 0 amide bonds. The highest BCUT2D eigenvalue weighted by atomic mass is 16.5. The molecule has 0 saturated carbocycles. The van der Waals surface area contributed by atoms with Crippen LogP contribution in [-0.4, -0.2) is 51.3 Å². The van der Waals surface area contributed by atoms with Crippen molar-refractivity contribution in [3.63, 3.8) is 0 Å². The Bertz CT molecular complexity index is 733. The Labute approximate surface area is 146 Å². The summed E-state index contributed by atoms with van der Waals surface area (Å²) < 4.78 is 6.08. The van der Waals surface area contributed by atoms with E-state index in [4.69, 9.17) is 10.00 Å². The van der Waals surface area contributed by atoms with Crippen molar-refractivity contribution in [3.05, 3.63) is 36.3 Å². The molecule has 1 unspecified atom stereocenters. The fourth-order valence-corrected chi connectivity index (χ4v) is 2.80. The van der Waals surface area contributed by atoms with Crippen LogP contribution in [0.1, 0.15) is 25.6 Å². The van der Waals surface area contributed by atoms with E-state index in [0.29, 0.717) is 5.57 Å². The molecule has 8 heteroatoms. The van der Waals surface area contributed by atoms with Gasteiger partial charge in [0.05, 0.1) is 0 Å². The molecule has 2 heterocycles. The van der Waals surface area contributed by atoms with Gasteiger partial charge in [0.2, 0.25) is 5.82 Å². The number of rotatable bonds is 6. The SMILES string of the molecule is CCN1CCCC(Oc2ccc(NC=C(C#N)c3nn[nH]n3)cc2)C1. The first-order valence-electron chi connectivity index (χ1n) is 8.38. The topological polar surface area (TPSA) is 103 Å². The maximum absolute atomic E-state index is 9.14. The normalized spacial score (nSPS) is 18.6. The number of nitrogens with zero attached hydrogens (tertiary/aromatic N) is 5. The summed E-state index contributed by atoms with van der Waals surface area (Å²) >= 11 is 0. The number of ether oxygens (including phenoxy) is 1. The predicted molar refractivity (Wildman–Crippen MR) is 93.6 cm³/mol. The highest BCUT2D eigenvalue weighted by Gasteiger charge is 2.19. The van der Waals surface area contributed by atoms with Crippen molar-refractivity contribution < 1.29 is 4.74 Å². The first-order valence-corrected chi connectivity index (χ1v) is 8.38. The van der Waals surface area contributed by atoms with Crippen molar-refractivity contribution in [1.29, 1.82) is 5.26 Å². The maximum Gasteiger partial charge on any atom is 0.216 e. The summed E-state index contributed by atoms with van der Waals surface area (Å²) in [5.74, 6) is 1.11. The molecular weight excluding hydrogens is 318 g/mol. The van der Waals surface area contributed by atoms with Crippen LogP contribution >= 0.6 is 0 Å². The molecule has 1 saturated heterocycles. The zero-order valence-electron chi connectivity index (χ0n) is 14.1. The lowest BCUT2D eigenvalue weighted by Crippen LogP contribution is -2.40. The summed E-state index contributed by atoms with van der Waals surface area (Å²) in [6, 6.07) is 9.73. The number of likely N-dealkylation sites (N-methyl/N-ethyl adjacent to an activating group) is 1. The van der Waals surface area contributed by atoms with Gasteiger partial charge in [0.25, 0.3) is 0 Å². The number of likely N-dealkylation sites (tertiary alicyclic amines) is 1. The minimum atomic E-state index is 0.246. The molecule has 0 spiro atoms.